The molecule has 0 bridgehead atoms. The van der Waals surface area contributed by atoms with Crippen molar-refractivity contribution in [2.24, 2.45) is 5.92 Å². The van der Waals surface area contributed by atoms with Gasteiger partial charge in [-0.3, -0.25) is 0 Å². The number of hydrogen-bond acceptors (Lipinski definition) is 1. The van der Waals surface area contributed by atoms with E-state index in [2.05, 4.69) is 38.2 Å². The van der Waals surface area contributed by atoms with Gasteiger partial charge in [0.15, 0.2) is 0 Å². The molecule has 0 saturated heterocycles. The molecule has 1 atom stereocenters. The van der Waals surface area contributed by atoms with Crippen LogP contribution in [0.15, 0.2) is 35.5 Å². The Bertz CT molecular complexity index is 271. The van der Waals surface area contributed by atoms with Gasteiger partial charge in [0, 0.05) is 7.11 Å². The van der Waals surface area contributed by atoms with Gasteiger partial charge in [-0.2, -0.15) is 0 Å². The van der Waals surface area contributed by atoms with Crippen molar-refractivity contribution in [2.45, 2.75) is 33.1 Å². The summed E-state index contributed by atoms with van der Waals surface area (Å²) in [7, 11) is 1.74. The molecule has 0 aromatic heterocycles. The SMILES string of the molecule is CCCC(/C=C1\C=CC(COC)=C1)CC. The van der Waals surface area contributed by atoms with E-state index >= 15 is 0 Å². The molecule has 84 valence electrons. The second kappa shape index (κ2) is 6.62. The molecule has 1 heteroatoms. The van der Waals surface area contributed by atoms with Gasteiger partial charge < -0.3 is 4.74 Å². The molecule has 1 nitrogen and oxygen atoms in total. The Morgan fingerprint density at radius 2 is 2.13 bits per heavy atom. The van der Waals surface area contributed by atoms with Gasteiger partial charge in [-0.1, -0.05) is 38.5 Å². The van der Waals surface area contributed by atoms with E-state index in [1.54, 1.807) is 7.11 Å². The van der Waals surface area contributed by atoms with Crippen LogP contribution < -0.4 is 0 Å². The number of hydrogen-bond donors (Lipinski definition) is 0. The minimum atomic E-state index is 0.721. The first-order chi connectivity index (χ1) is 7.30. The topological polar surface area (TPSA) is 9.23 Å². The van der Waals surface area contributed by atoms with Crippen LogP contribution in [0, 0.1) is 5.92 Å². The van der Waals surface area contributed by atoms with Crippen LogP contribution in [0.5, 0.6) is 0 Å². The largest absolute Gasteiger partial charge is 0.380 e. The zero-order valence-electron chi connectivity index (χ0n) is 10.1. The molecule has 0 amide bonds. The van der Waals surface area contributed by atoms with E-state index in [4.69, 9.17) is 4.74 Å². The van der Waals surface area contributed by atoms with Gasteiger partial charge in [-0.25, -0.2) is 0 Å². The van der Waals surface area contributed by atoms with Crippen molar-refractivity contribution in [1.82, 2.24) is 0 Å². The summed E-state index contributed by atoms with van der Waals surface area (Å²) in [5.41, 5.74) is 2.62. The molecule has 1 aliphatic carbocycles. The Balaban J connectivity index is 2.57. The van der Waals surface area contributed by atoms with Gasteiger partial charge in [0.25, 0.3) is 0 Å². The summed E-state index contributed by atoms with van der Waals surface area (Å²) >= 11 is 0. The Labute approximate surface area is 93.5 Å². The molecule has 0 spiro atoms. The molecule has 1 aliphatic rings. The average Bonchev–Trinajstić information content (AvgIpc) is 2.66. The van der Waals surface area contributed by atoms with Crippen LogP contribution in [0.1, 0.15) is 33.1 Å². The summed E-state index contributed by atoms with van der Waals surface area (Å²) in [5.74, 6) is 0.729. The predicted molar refractivity (Wildman–Crippen MR) is 65.9 cm³/mol. The number of rotatable bonds is 6. The number of allylic oxidation sites excluding steroid dienone is 4. The van der Waals surface area contributed by atoms with Crippen molar-refractivity contribution in [2.75, 3.05) is 13.7 Å². The average molecular weight is 206 g/mol. The third kappa shape index (κ3) is 4.05. The Hall–Kier alpha value is -0.820. The van der Waals surface area contributed by atoms with Gasteiger partial charge >= 0.3 is 0 Å². The highest BCUT2D eigenvalue weighted by molar-refractivity contribution is 5.46. The standard InChI is InChI=1S/C14H22O/c1-4-6-12(5-2)9-13-7-8-14(10-13)11-15-3/h7-10,12H,4-6,11H2,1-3H3/b13-9+. The molecule has 1 unspecified atom stereocenters. The van der Waals surface area contributed by atoms with Crippen molar-refractivity contribution in [3.05, 3.63) is 35.5 Å². The zero-order chi connectivity index (χ0) is 11.1. The maximum atomic E-state index is 5.11. The van der Waals surface area contributed by atoms with Crippen molar-refractivity contribution < 1.29 is 4.74 Å². The molecule has 0 fully saturated rings. The fourth-order valence-corrected chi connectivity index (χ4v) is 1.92. The van der Waals surface area contributed by atoms with Crippen LogP contribution in [-0.4, -0.2) is 13.7 Å². The lowest BCUT2D eigenvalue weighted by Crippen LogP contribution is -1.94. The fraction of sp³-hybridized carbons (Fsp3) is 0.571. The van der Waals surface area contributed by atoms with Crippen LogP contribution in [0.25, 0.3) is 0 Å². The summed E-state index contributed by atoms with van der Waals surface area (Å²) < 4.78 is 5.11. The molecule has 0 saturated carbocycles. The van der Waals surface area contributed by atoms with Crippen molar-refractivity contribution >= 4 is 0 Å². The lowest BCUT2D eigenvalue weighted by atomic mass is 9.98. The molecule has 0 aliphatic heterocycles. The van der Waals surface area contributed by atoms with Gasteiger partial charge in [-0.15, -0.1) is 0 Å². The fourth-order valence-electron chi connectivity index (χ4n) is 1.92. The molecule has 15 heavy (non-hydrogen) atoms. The van der Waals surface area contributed by atoms with Crippen LogP contribution in [0.4, 0.5) is 0 Å². The van der Waals surface area contributed by atoms with E-state index in [0.29, 0.717) is 0 Å². The zero-order valence-corrected chi connectivity index (χ0v) is 10.1. The highest BCUT2D eigenvalue weighted by atomic mass is 16.5. The summed E-state index contributed by atoms with van der Waals surface area (Å²) in [6.45, 7) is 5.23. The Kier molecular flexibility index (Phi) is 5.41. The van der Waals surface area contributed by atoms with E-state index in [0.717, 1.165) is 12.5 Å². The molecule has 0 aromatic carbocycles. The van der Waals surface area contributed by atoms with Gasteiger partial charge in [0.2, 0.25) is 0 Å². The summed E-state index contributed by atoms with van der Waals surface area (Å²) in [4.78, 5) is 0. The Morgan fingerprint density at radius 1 is 1.33 bits per heavy atom. The molecule has 0 heterocycles. The summed E-state index contributed by atoms with van der Waals surface area (Å²) in [6.07, 6.45) is 12.7. The smallest absolute Gasteiger partial charge is 0.0713 e. The second-order valence-corrected chi connectivity index (χ2v) is 4.11. The normalized spacial score (nSPS) is 19.7. The van der Waals surface area contributed by atoms with Crippen LogP contribution in [0.3, 0.4) is 0 Å². The van der Waals surface area contributed by atoms with Crippen LogP contribution in [-0.2, 0) is 4.74 Å². The minimum absolute atomic E-state index is 0.721. The highest BCUT2D eigenvalue weighted by Crippen LogP contribution is 2.21. The van der Waals surface area contributed by atoms with E-state index < -0.39 is 0 Å². The first-order valence-corrected chi connectivity index (χ1v) is 5.89. The minimum Gasteiger partial charge on any atom is -0.380 e. The number of methoxy groups -OCH3 is 1. The van der Waals surface area contributed by atoms with Crippen molar-refractivity contribution in [3.8, 4) is 0 Å². The lowest BCUT2D eigenvalue weighted by molar-refractivity contribution is 0.228. The maximum Gasteiger partial charge on any atom is 0.0713 e. The van der Waals surface area contributed by atoms with E-state index in [9.17, 15) is 0 Å². The summed E-state index contributed by atoms with van der Waals surface area (Å²) in [6, 6.07) is 0. The Morgan fingerprint density at radius 3 is 2.73 bits per heavy atom. The van der Waals surface area contributed by atoms with Gasteiger partial charge in [-0.05, 0) is 36.0 Å². The van der Waals surface area contributed by atoms with E-state index in [1.807, 2.05) is 0 Å². The number of ether oxygens (including phenoxy) is 1. The van der Waals surface area contributed by atoms with E-state index in [1.165, 1.54) is 30.4 Å². The third-order valence-corrected chi connectivity index (χ3v) is 2.76. The maximum absolute atomic E-state index is 5.11. The monoisotopic (exact) mass is 206 g/mol. The third-order valence-electron chi connectivity index (χ3n) is 2.76. The van der Waals surface area contributed by atoms with Gasteiger partial charge in [0.05, 0.1) is 6.61 Å². The lowest BCUT2D eigenvalue weighted by Gasteiger charge is -2.08. The molecule has 0 aromatic rings. The molecule has 1 rings (SSSR count). The quantitative estimate of drug-likeness (QED) is 0.641. The van der Waals surface area contributed by atoms with Crippen LogP contribution in [0.2, 0.25) is 0 Å². The van der Waals surface area contributed by atoms with Crippen molar-refractivity contribution in [3.63, 3.8) is 0 Å². The molecular formula is C14H22O. The molecule has 0 radical (unpaired) electrons. The first kappa shape index (κ1) is 12.3. The van der Waals surface area contributed by atoms with Gasteiger partial charge in [0.1, 0.15) is 0 Å². The molecular weight excluding hydrogens is 184 g/mol. The second-order valence-electron chi connectivity index (χ2n) is 4.11. The van der Waals surface area contributed by atoms with Crippen molar-refractivity contribution in [1.29, 1.82) is 0 Å². The molecule has 0 N–H and O–H groups in total. The highest BCUT2D eigenvalue weighted by Gasteiger charge is 2.05. The first-order valence-electron chi connectivity index (χ1n) is 5.89. The van der Waals surface area contributed by atoms with Crippen LogP contribution >= 0.6 is 0 Å². The van der Waals surface area contributed by atoms with E-state index in [-0.39, 0.29) is 0 Å². The summed E-state index contributed by atoms with van der Waals surface area (Å²) in [5, 5.41) is 0. The predicted octanol–water partition coefficient (Wildman–Crippen LogP) is 3.88.